The van der Waals surface area contributed by atoms with E-state index in [0.29, 0.717) is 43.8 Å². The van der Waals surface area contributed by atoms with Gasteiger partial charge in [-0.25, -0.2) is 0 Å². The largest absolute Gasteiger partial charge is 0.416 e. The van der Waals surface area contributed by atoms with Crippen molar-refractivity contribution in [2.75, 3.05) is 33.2 Å². The maximum absolute atomic E-state index is 12.9. The molecule has 2 saturated heterocycles. The van der Waals surface area contributed by atoms with E-state index in [1.54, 1.807) is 11.0 Å². The van der Waals surface area contributed by atoms with E-state index >= 15 is 0 Å². The lowest BCUT2D eigenvalue weighted by atomic mass is 9.83. The minimum Gasteiger partial charge on any atom is -0.385 e. The highest BCUT2D eigenvalue weighted by Crippen LogP contribution is 2.37. The van der Waals surface area contributed by atoms with Crippen LogP contribution in [-0.4, -0.2) is 54.0 Å². The fraction of sp³-hybridized carbons (Fsp3) is 0.632. The van der Waals surface area contributed by atoms with Gasteiger partial charge in [0.1, 0.15) is 0 Å². The maximum atomic E-state index is 12.9. The number of hydrogen-bond acceptors (Lipinski definition) is 3. The van der Waals surface area contributed by atoms with E-state index in [-0.39, 0.29) is 5.91 Å². The van der Waals surface area contributed by atoms with Gasteiger partial charge in [-0.15, -0.1) is 0 Å². The monoisotopic (exact) mass is 370 g/mol. The molecule has 1 aromatic rings. The van der Waals surface area contributed by atoms with Crippen molar-refractivity contribution in [3.05, 3.63) is 35.4 Å². The molecular formula is C19H25F3N2O2. The summed E-state index contributed by atoms with van der Waals surface area (Å²) < 4.78 is 38.8. The van der Waals surface area contributed by atoms with E-state index in [4.69, 9.17) is 0 Å². The van der Waals surface area contributed by atoms with Gasteiger partial charge in [-0.1, -0.05) is 12.1 Å². The summed E-state index contributed by atoms with van der Waals surface area (Å²) in [6, 6.07) is 5.03. The van der Waals surface area contributed by atoms with E-state index in [1.807, 2.05) is 7.05 Å². The highest BCUT2D eigenvalue weighted by Gasteiger charge is 2.37. The van der Waals surface area contributed by atoms with Crippen LogP contribution >= 0.6 is 0 Å². The second-order valence-electron chi connectivity index (χ2n) is 7.59. The van der Waals surface area contributed by atoms with Gasteiger partial charge in [-0.2, -0.15) is 13.2 Å². The van der Waals surface area contributed by atoms with Crippen LogP contribution in [0.1, 0.15) is 36.8 Å². The number of hydrogen-bond donors (Lipinski definition) is 1. The van der Waals surface area contributed by atoms with Crippen molar-refractivity contribution in [3.8, 4) is 0 Å². The van der Waals surface area contributed by atoms with Crippen LogP contribution in [0.25, 0.3) is 0 Å². The maximum Gasteiger partial charge on any atom is 0.416 e. The number of piperidine rings is 2. The van der Waals surface area contributed by atoms with Crippen LogP contribution in [-0.2, 0) is 16.6 Å². The Morgan fingerprint density at radius 1 is 1.27 bits per heavy atom. The van der Waals surface area contributed by atoms with Crippen LogP contribution in [0.4, 0.5) is 13.2 Å². The number of alkyl halides is 3. The molecular weight excluding hydrogens is 345 g/mol. The first-order valence-corrected chi connectivity index (χ1v) is 9.04. The first-order chi connectivity index (χ1) is 12.2. The summed E-state index contributed by atoms with van der Waals surface area (Å²) in [5, 5.41) is 10.9. The van der Waals surface area contributed by atoms with Crippen LogP contribution in [0.5, 0.6) is 0 Å². The SMILES string of the molecule is CN1CC(CN2CCC(O)(c3cccc(C(F)(F)F)c3)CC2)CCC1=O. The summed E-state index contributed by atoms with van der Waals surface area (Å²) in [4.78, 5) is 15.6. The average Bonchev–Trinajstić information content (AvgIpc) is 2.60. The Morgan fingerprint density at radius 2 is 1.96 bits per heavy atom. The Hall–Kier alpha value is -1.60. The van der Waals surface area contributed by atoms with Crippen LogP contribution in [0.15, 0.2) is 24.3 Å². The van der Waals surface area contributed by atoms with Gasteiger partial charge in [0, 0.05) is 39.6 Å². The van der Waals surface area contributed by atoms with Gasteiger partial charge in [0.05, 0.1) is 11.2 Å². The van der Waals surface area contributed by atoms with Gasteiger partial charge in [-0.3, -0.25) is 4.79 Å². The van der Waals surface area contributed by atoms with E-state index in [9.17, 15) is 23.1 Å². The third-order valence-electron chi connectivity index (χ3n) is 5.65. The fourth-order valence-corrected chi connectivity index (χ4v) is 3.99. The zero-order valence-corrected chi connectivity index (χ0v) is 14.9. The molecule has 26 heavy (non-hydrogen) atoms. The molecule has 2 aliphatic rings. The quantitative estimate of drug-likeness (QED) is 0.890. The summed E-state index contributed by atoms with van der Waals surface area (Å²) in [7, 11) is 1.82. The summed E-state index contributed by atoms with van der Waals surface area (Å²) in [5.41, 5.74) is -1.59. The second kappa shape index (κ2) is 7.19. The van der Waals surface area contributed by atoms with E-state index in [2.05, 4.69) is 4.90 Å². The van der Waals surface area contributed by atoms with Crippen LogP contribution in [0, 0.1) is 5.92 Å². The van der Waals surface area contributed by atoms with E-state index in [0.717, 1.165) is 31.6 Å². The molecule has 2 heterocycles. The van der Waals surface area contributed by atoms with Crippen LogP contribution in [0.2, 0.25) is 0 Å². The standard InChI is InChI=1S/C19H25F3N2O2/c1-23-12-14(5-6-17(23)25)13-24-9-7-18(26,8-10-24)15-3-2-4-16(11-15)19(20,21)22/h2-4,11,14,26H,5-10,12-13H2,1H3. The normalized spacial score (nSPS) is 24.7. The molecule has 2 aliphatic heterocycles. The lowest BCUT2D eigenvalue weighted by Crippen LogP contribution is -2.47. The molecule has 1 amide bonds. The van der Waals surface area contributed by atoms with Crippen molar-refractivity contribution in [2.45, 2.75) is 37.5 Å². The molecule has 0 aliphatic carbocycles. The highest BCUT2D eigenvalue weighted by molar-refractivity contribution is 5.76. The molecule has 0 saturated carbocycles. The van der Waals surface area contributed by atoms with Crippen molar-refractivity contribution >= 4 is 5.91 Å². The van der Waals surface area contributed by atoms with Crippen LogP contribution < -0.4 is 0 Å². The molecule has 1 N–H and O–H groups in total. The third kappa shape index (κ3) is 4.20. The van der Waals surface area contributed by atoms with Gasteiger partial charge >= 0.3 is 6.18 Å². The molecule has 0 spiro atoms. The Kier molecular flexibility index (Phi) is 5.30. The number of likely N-dealkylation sites (tertiary alicyclic amines) is 2. The summed E-state index contributed by atoms with van der Waals surface area (Å²) >= 11 is 0. The van der Waals surface area contributed by atoms with Gasteiger partial charge in [0.15, 0.2) is 0 Å². The molecule has 1 aromatic carbocycles. The van der Waals surface area contributed by atoms with E-state index < -0.39 is 17.3 Å². The third-order valence-corrected chi connectivity index (χ3v) is 5.65. The van der Waals surface area contributed by atoms with E-state index in [1.165, 1.54) is 6.07 Å². The van der Waals surface area contributed by atoms with Gasteiger partial charge in [-0.05, 0) is 42.9 Å². The summed E-state index contributed by atoms with van der Waals surface area (Å²) in [6.07, 6.45) is -2.14. The smallest absolute Gasteiger partial charge is 0.385 e. The van der Waals surface area contributed by atoms with Gasteiger partial charge in [0.25, 0.3) is 0 Å². The molecule has 2 fully saturated rings. The molecule has 1 unspecified atom stereocenters. The fourth-order valence-electron chi connectivity index (χ4n) is 3.99. The molecule has 3 rings (SSSR count). The summed E-state index contributed by atoms with van der Waals surface area (Å²) in [5.74, 6) is 0.594. The van der Waals surface area contributed by atoms with Crippen molar-refractivity contribution in [1.29, 1.82) is 0 Å². The van der Waals surface area contributed by atoms with Crippen molar-refractivity contribution in [3.63, 3.8) is 0 Å². The Morgan fingerprint density at radius 3 is 2.58 bits per heavy atom. The van der Waals surface area contributed by atoms with Crippen molar-refractivity contribution in [1.82, 2.24) is 9.80 Å². The topological polar surface area (TPSA) is 43.8 Å². The average molecular weight is 370 g/mol. The number of rotatable bonds is 3. The predicted molar refractivity (Wildman–Crippen MR) is 91.4 cm³/mol. The minimum absolute atomic E-state index is 0.179. The number of carbonyl (C=O) groups is 1. The van der Waals surface area contributed by atoms with Crippen molar-refractivity contribution in [2.24, 2.45) is 5.92 Å². The number of halogens is 3. The zero-order chi connectivity index (χ0) is 18.9. The number of nitrogens with zero attached hydrogens (tertiary/aromatic N) is 2. The Balaban J connectivity index is 1.60. The molecule has 0 bridgehead atoms. The predicted octanol–water partition coefficient (Wildman–Crippen LogP) is 2.86. The number of carbonyl (C=O) groups excluding carboxylic acids is 1. The minimum atomic E-state index is -4.41. The Bertz CT molecular complexity index is 654. The lowest BCUT2D eigenvalue weighted by molar-refractivity contribution is -0.137. The number of aliphatic hydroxyl groups is 1. The molecule has 0 radical (unpaired) electrons. The van der Waals surface area contributed by atoms with Gasteiger partial charge in [0.2, 0.25) is 5.91 Å². The molecule has 1 atom stereocenters. The van der Waals surface area contributed by atoms with Crippen molar-refractivity contribution < 1.29 is 23.1 Å². The molecule has 4 nitrogen and oxygen atoms in total. The van der Waals surface area contributed by atoms with Gasteiger partial charge < -0.3 is 14.9 Å². The lowest BCUT2D eigenvalue weighted by Gasteiger charge is -2.41. The zero-order valence-electron chi connectivity index (χ0n) is 14.9. The summed E-state index contributed by atoms with van der Waals surface area (Å²) in [6.45, 7) is 2.88. The number of benzene rings is 1. The first kappa shape index (κ1) is 19.2. The molecule has 0 aromatic heterocycles. The second-order valence-corrected chi connectivity index (χ2v) is 7.59. The van der Waals surface area contributed by atoms with Crippen LogP contribution in [0.3, 0.4) is 0 Å². The first-order valence-electron chi connectivity index (χ1n) is 9.04. The number of amides is 1. The molecule has 144 valence electrons. The highest BCUT2D eigenvalue weighted by atomic mass is 19.4. The Labute approximate surface area is 151 Å². The molecule has 7 heteroatoms.